The van der Waals surface area contributed by atoms with Gasteiger partial charge in [-0.1, -0.05) is 31.9 Å². The number of quaternary nitrogens is 1. The molecule has 5 heteroatoms. The maximum Gasteiger partial charge on any atom is 0.315 e. The molecule has 0 radical (unpaired) electrons. The molecule has 4 rings (SSSR count). The van der Waals surface area contributed by atoms with Crippen molar-refractivity contribution in [1.29, 1.82) is 0 Å². The van der Waals surface area contributed by atoms with Crippen molar-refractivity contribution >= 4 is 5.97 Å². The van der Waals surface area contributed by atoms with E-state index < -0.39 is 0 Å². The molecule has 0 amide bonds. The van der Waals surface area contributed by atoms with Gasteiger partial charge in [-0.15, -0.1) is 0 Å². The van der Waals surface area contributed by atoms with Crippen molar-refractivity contribution in [3.05, 3.63) is 11.6 Å². The molecule has 0 aromatic rings. The summed E-state index contributed by atoms with van der Waals surface area (Å²) in [6.07, 6.45) is 7.18. The first-order valence-electron chi connectivity index (χ1n) is 9.93. The molecular formula is C20H32NO4+. The molecule has 2 heterocycles. The Bertz CT molecular complexity index is 556. The van der Waals surface area contributed by atoms with Crippen LogP contribution in [-0.4, -0.2) is 51.7 Å². The van der Waals surface area contributed by atoms with Crippen molar-refractivity contribution in [2.75, 3.05) is 33.4 Å². The summed E-state index contributed by atoms with van der Waals surface area (Å²) in [5.41, 5.74) is 1.82. The Labute approximate surface area is 150 Å². The quantitative estimate of drug-likeness (QED) is 0.611. The standard InChI is InChI=1S/C20H31NO4/c1-13-5-4-6-20(2)10-17-14(9-16(13)20)15(19(22)25-17)11-21(3)12-18-23-7-8-24-18/h9,13-15,17-18H,4-8,10-12H2,1-3H3/p+1/t13-,14-,15+,17-,20-/m1/s1. The molecule has 1 N–H and O–H groups in total. The third kappa shape index (κ3) is 3.26. The van der Waals surface area contributed by atoms with Crippen molar-refractivity contribution in [1.82, 2.24) is 0 Å². The van der Waals surface area contributed by atoms with Gasteiger partial charge < -0.3 is 19.1 Å². The van der Waals surface area contributed by atoms with Crippen LogP contribution in [0.4, 0.5) is 0 Å². The van der Waals surface area contributed by atoms with Crippen molar-refractivity contribution in [3.8, 4) is 0 Å². The van der Waals surface area contributed by atoms with Gasteiger partial charge in [-0.05, 0) is 30.6 Å². The summed E-state index contributed by atoms with van der Waals surface area (Å²) >= 11 is 0. The maximum absolute atomic E-state index is 12.6. The lowest BCUT2D eigenvalue weighted by atomic mass is 9.59. The Balaban J connectivity index is 1.48. The average Bonchev–Trinajstić information content (AvgIpc) is 3.14. The first-order valence-corrected chi connectivity index (χ1v) is 9.93. The van der Waals surface area contributed by atoms with Crippen molar-refractivity contribution in [2.24, 2.45) is 23.2 Å². The molecule has 2 aliphatic heterocycles. The molecule has 0 spiro atoms. The Morgan fingerprint density at radius 1 is 1.28 bits per heavy atom. The van der Waals surface area contributed by atoms with Gasteiger partial charge in [0.15, 0.2) is 0 Å². The fourth-order valence-electron chi connectivity index (χ4n) is 5.55. The second kappa shape index (κ2) is 6.67. The van der Waals surface area contributed by atoms with Crippen LogP contribution in [0.3, 0.4) is 0 Å². The van der Waals surface area contributed by atoms with Crippen LogP contribution in [0.1, 0.15) is 39.5 Å². The first-order chi connectivity index (χ1) is 12.0. The number of fused-ring (bicyclic) bond motifs is 2. The molecule has 3 fully saturated rings. The van der Waals surface area contributed by atoms with Gasteiger partial charge in [0.2, 0.25) is 6.29 Å². The summed E-state index contributed by atoms with van der Waals surface area (Å²) < 4.78 is 16.9. The second-order valence-electron chi connectivity index (χ2n) is 8.88. The first kappa shape index (κ1) is 17.5. The highest BCUT2D eigenvalue weighted by atomic mass is 16.7. The van der Waals surface area contributed by atoms with Crippen LogP contribution in [0.5, 0.6) is 0 Å². The zero-order chi connectivity index (χ0) is 17.6. The summed E-state index contributed by atoms with van der Waals surface area (Å²) in [5, 5.41) is 0. The minimum Gasteiger partial charge on any atom is -0.461 e. The van der Waals surface area contributed by atoms with E-state index >= 15 is 0 Å². The number of carbonyl (C=O) groups is 1. The summed E-state index contributed by atoms with van der Waals surface area (Å²) in [5.74, 6) is 0.852. The molecular weight excluding hydrogens is 318 g/mol. The number of hydrogen-bond donors (Lipinski definition) is 1. The van der Waals surface area contributed by atoms with E-state index in [1.54, 1.807) is 5.57 Å². The van der Waals surface area contributed by atoms with E-state index in [2.05, 4.69) is 27.0 Å². The van der Waals surface area contributed by atoms with Crippen molar-refractivity contribution in [3.63, 3.8) is 0 Å². The highest BCUT2D eigenvalue weighted by Crippen LogP contribution is 2.53. The van der Waals surface area contributed by atoms with Gasteiger partial charge in [-0.25, -0.2) is 0 Å². The fraction of sp³-hybridized carbons (Fsp3) is 0.850. The normalized spacial score (nSPS) is 42.5. The van der Waals surface area contributed by atoms with E-state index in [1.165, 1.54) is 24.2 Å². The summed E-state index contributed by atoms with van der Waals surface area (Å²) in [6.45, 7) is 7.65. The van der Waals surface area contributed by atoms with Gasteiger partial charge in [0.25, 0.3) is 0 Å². The molecule has 2 aliphatic carbocycles. The topological polar surface area (TPSA) is 49.2 Å². The summed E-state index contributed by atoms with van der Waals surface area (Å²) in [6, 6.07) is 0. The number of nitrogens with one attached hydrogen (secondary N) is 1. The van der Waals surface area contributed by atoms with Gasteiger partial charge >= 0.3 is 5.97 Å². The number of likely N-dealkylation sites (N-methyl/N-ethyl adjacent to an activating group) is 1. The number of allylic oxidation sites excluding steroid dienone is 1. The fourth-order valence-corrected chi connectivity index (χ4v) is 5.55. The Morgan fingerprint density at radius 2 is 2.04 bits per heavy atom. The second-order valence-corrected chi connectivity index (χ2v) is 8.88. The third-order valence-corrected chi connectivity index (χ3v) is 6.86. The average molecular weight is 350 g/mol. The molecule has 6 atom stereocenters. The Morgan fingerprint density at radius 3 is 2.80 bits per heavy atom. The van der Waals surface area contributed by atoms with Crippen LogP contribution in [0.2, 0.25) is 0 Å². The van der Waals surface area contributed by atoms with E-state index in [-0.39, 0.29) is 35.6 Å². The predicted octanol–water partition coefficient (Wildman–Crippen LogP) is 1.19. The molecule has 0 aromatic carbocycles. The van der Waals surface area contributed by atoms with Crippen LogP contribution in [0.15, 0.2) is 11.6 Å². The maximum atomic E-state index is 12.6. The molecule has 1 unspecified atom stereocenters. The Kier molecular flexibility index (Phi) is 4.67. The van der Waals surface area contributed by atoms with Gasteiger partial charge in [-0.2, -0.15) is 0 Å². The summed E-state index contributed by atoms with van der Waals surface area (Å²) in [7, 11) is 2.12. The molecule has 0 aromatic heterocycles. The largest absolute Gasteiger partial charge is 0.461 e. The molecule has 4 aliphatic rings. The van der Waals surface area contributed by atoms with E-state index in [0.717, 1.165) is 19.5 Å². The number of hydrogen-bond acceptors (Lipinski definition) is 4. The van der Waals surface area contributed by atoms with E-state index in [4.69, 9.17) is 14.2 Å². The molecule has 0 bridgehead atoms. The molecule has 2 saturated heterocycles. The lowest BCUT2D eigenvalue weighted by molar-refractivity contribution is -0.888. The van der Waals surface area contributed by atoms with Gasteiger partial charge in [-0.3, -0.25) is 4.79 Å². The minimum absolute atomic E-state index is 0.00522. The number of rotatable bonds is 4. The third-order valence-electron chi connectivity index (χ3n) is 6.86. The molecule has 140 valence electrons. The van der Waals surface area contributed by atoms with Gasteiger partial charge in [0, 0.05) is 5.92 Å². The van der Waals surface area contributed by atoms with Crippen LogP contribution < -0.4 is 4.90 Å². The number of carbonyl (C=O) groups excluding carboxylic acids is 1. The van der Waals surface area contributed by atoms with Crippen LogP contribution in [-0.2, 0) is 19.0 Å². The van der Waals surface area contributed by atoms with Crippen LogP contribution in [0.25, 0.3) is 0 Å². The highest BCUT2D eigenvalue weighted by Gasteiger charge is 2.52. The molecule has 5 nitrogen and oxygen atoms in total. The minimum atomic E-state index is -0.125. The lowest BCUT2D eigenvalue weighted by Crippen LogP contribution is -3.11. The summed E-state index contributed by atoms with van der Waals surface area (Å²) in [4.78, 5) is 13.9. The smallest absolute Gasteiger partial charge is 0.315 e. The monoisotopic (exact) mass is 350 g/mol. The van der Waals surface area contributed by atoms with Crippen LogP contribution in [0, 0.1) is 23.2 Å². The van der Waals surface area contributed by atoms with E-state index in [9.17, 15) is 4.79 Å². The zero-order valence-corrected chi connectivity index (χ0v) is 15.8. The molecule has 25 heavy (non-hydrogen) atoms. The lowest BCUT2D eigenvalue weighted by Gasteiger charge is -2.46. The van der Waals surface area contributed by atoms with Crippen molar-refractivity contribution in [2.45, 2.75) is 51.9 Å². The van der Waals surface area contributed by atoms with Gasteiger partial charge in [0.1, 0.15) is 18.6 Å². The van der Waals surface area contributed by atoms with E-state index in [1.807, 2.05) is 0 Å². The zero-order valence-electron chi connectivity index (χ0n) is 15.8. The molecule has 1 saturated carbocycles. The highest BCUT2D eigenvalue weighted by molar-refractivity contribution is 5.76. The predicted molar refractivity (Wildman–Crippen MR) is 93.0 cm³/mol. The SMILES string of the molecule is C[C@@H]1CCC[C@]2(C)C[C@H]3OC(=O)[C@@H](C[NH+](C)CC4OCCO4)[C@H]3C=C12. The van der Waals surface area contributed by atoms with Crippen molar-refractivity contribution < 1.29 is 23.9 Å². The van der Waals surface area contributed by atoms with E-state index in [0.29, 0.717) is 19.1 Å². The number of ether oxygens (including phenoxy) is 3. The van der Waals surface area contributed by atoms with Gasteiger partial charge in [0.05, 0.1) is 26.8 Å². The number of esters is 1. The Hall–Kier alpha value is -0.910. The van der Waals surface area contributed by atoms with Crippen LogP contribution >= 0.6 is 0 Å².